The minimum absolute atomic E-state index is 0.0549. The van der Waals surface area contributed by atoms with Gasteiger partial charge in [0.1, 0.15) is 22.2 Å². The number of nitrogens with zero attached hydrogens (tertiary/aromatic N) is 3. The number of nitrogens with one attached hydrogen (secondary N) is 3. The van der Waals surface area contributed by atoms with Crippen LogP contribution in [0.5, 0.6) is 0 Å². The number of hydrogen-bond donors (Lipinski definition) is 4. The number of hydrogen-bond acceptors (Lipinski definition) is 7. The first-order valence-electron chi connectivity index (χ1n) is 11.2. The monoisotopic (exact) mass is 525 g/mol. The Labute approximate surface area is 204 Å². The molecule has 0 radical (unpaired) electrons. The molecule has 2 aromatic heterocycles. The number of pyridine rings is 2. The van der Waals surface area contributed by atoms with Crippen LogP contribution in [0.3, 0.4) is 0 Å². The molecule has 176 valence electrons. The number of carbonyl (C=O) groups is 3. The summed E-state index contributed by atoms with van der Waals surface area (Å²) in [5.41, 5.74) is 6.55. The first kappa shape index (κ1) is 22.5. The molecule has 0 aromatic carbocycles. The topological polar surface area (TPSA) is 154 Å². The molecular weight excluding hydrogens is 502 g/mol. The molecule has 2 saturated carbocycles. The summed E-state index contributed by atoms with van der Waals surface area (Å²) in [6.45, 7) is -0.0916. The molecule has 5 rings (SSSR count). The second kappa shape index (κ2) is 8.79. The van der Waals surface area contributed by atoms with E-state index in [1.54, 1.807) is 35.4 Å². The molecule has 5 N–H and O–H groups in total. The summed E-state index contributed by atoms with van der Waals surface area (Å²) >= 11 is 3.29. The Morgan fingerprint density at radius 1 is 1.24 bits per heavy atom. The number of nitrogens with two attached hydrogens (primary N) is 1. The van der Waals surface area contributed by atoms with Crippen molar-refractivity contribution in [3.8, 4) is 0 Å². The van der Waals surface area contributed by atoms with Gasteiger partial charge in [0.05, 0.1) is 18.4 Å². The molecular formula is C23H24BrN7O3. The second-order valence-corrected chi connectivity index (χ2v) is 9.78. The Bertz CT molecular complexity index is 1200. The van der Waals surface area contributed by atoms with Gasteiger partial charge in [0.25, 0.3) is 5.91 Å². The van der Waals surface area contributed by atoms with Crippen LogP contribution in [0.1, 0.15) is 42.9 Å². The lowest BCUT2D eigenvalue weighted by Gasteiger charge is -2.27. The van der Waals surface area contributed by atoms with Crippen LogP contribution < -0.4 is 16.4 Å². The number of aromatic nitrogens is 2. The molecule has 1 saturated heterocycles. The van der Waals surface area contributed by atoms with Crippen LogP contribution in [0.2, 0.25) is 0 Å². The van der Waals surface area contributed by atoms with Crippen LogP contribution in [0.15, 0.2) is 35.1 Å². The largest absolute Gasteiger partial charge is 0.374 e. The van der Waals surface area contributed by atoms with Crippen LogP contribution in [0, 0.1) is 11.3 Å². The van der Waals surface area contributed by atoms with Crippen molar-refractivity contribution in [2.45, 2.75) is 43.7 Å². The molecule has 11 heteroatoms. The summed E-state index contributed by atoms with van der Waals surface area (Å²) in [7, 11) is 0. The molecule has 3 amide bonds. The summed E-state index contributed by atoms with van der Waals surface area (Å²) in [6.07, 6.45) is 5.10. The molecule has 0 unspecified atom stereocenters. The smallest absolute Gasteiger partial charge is 0.267 e. The van der Waals surface area contributed by atoms with Crippen LogP contribution in [-0.4, -0.2) is 56.9 Å². The normalized spacial score (nSPS) is 22.6. The average Bonchev–Trinajstić information content (AvgIpc) is 3.74. The Balaban J connectivity index is 1.28. The number of piperidine rings is 1. The third kappa shape index (κ3) is 4.52. The van der Waals surface area contributed by atoms with Crippen molar-refractivity contribution < 1.29 is 14.4 Å². The third-order valence-corrected chi connectivity index (χ3v) is 6.97. The Morgan fingerprint density at radius 3 is 2.74 bits per heavy atom. The summed E-state index contributed by atoms with van der Waals surface area (Å²) in [5.74, 6) is -0.255. The highest BCUT2D eigenvalue weighted by Gasteiger charge is 2.55. The zero-order valence-corrected chi connectivity index (χ0v) is 19.8. The predicted octanol–water partition coefficient (Wildman–Crippen LogP) is 2.01. The molecule has 10 nitrogen and oxygen atoms in total. The van der Waals surface area contributed by atoms with Gasteiger partial charge >= 0.3 is 0 Å². The number of amides is 3. The predicted molar refractivity (Wildman–Crippen MR) is 128 cm³/mol. The highest BCUT2D eigenvalue weighted by Crippen LogP contribution is 2.48. The molecule has 2 aromatic rings. The third-order valence-electron chi connectivity index (χ3n) is 6.53. The number of halogens is 1. The SMILES string of the molecule is N=C(C(N)=O)c1cc(C2CC2)ncc1NCC(=O)N1[C@@H]2C[C@@H]2C[C@H]1C(=O)Nc1cccc(Br)n1. The number of carbonyl (C=O) groups excluding carboxylic acids is 3. The minimum Gasteiger partial charge on any atom is -0.374 e. The van der Waals surface area contributed by atoms with Crippen LogP contribution in [0.25, 0.3) is 0 Å². The molecule has 3 fully saturated rings. The van der Waals surface area contributed by atoms with Crippen molar-refractivity contribution in [3.05, 3.63) is 46.3 Å². The van der Waals surface area contributed by atoms with E-state index in [4.69, 9.17) is 11.1 Å². The van der Waals surface area contributed by atoms with Crippen molar-refractivity contribution in [2.24, 2.45) is 11.7 Å². The summed E-state index contributed by atoms with van der Waals surface area (Å²) in [5, 5.41) is 13.9. The molecule has 34 heavy (non-hydrogen) atoms. The number of fused-ring (bicyclic) bond motifs is 1. The zero-order valence-electron chi connectivity index (χ0n) is 18.3. The average molecular weight is 526 g/mol. The van der Waals surface area contributed by atoms with E-state index in [-0.39, 0.29) is 30.1 Å². The van der Waals surface area contributed by atoms with Crippen molar-refractivity contribution in [3.63, 3.8) is 0 Å². The van der Waals surface area contributed by atoms with E-state index < -0.39 is 11.9 Å². The quantitative estimate of drug-likeness (QED) is 0.305. The van der Waals surface area contributed by atoms with E-state index in [2.05, 4.69) is 36.5 Å². The molecule has 0 spiro atoms. The van der Waals surface area contributed by atoms with Gasteiger partial charge in [-0.15, -0.1) is 0 Å². The first-order chi connectivity index (χ1) is 16.3. The van der Waals surface area contributed by atoms with Crippen molar-refractivity contribution >= 4 is 50.9 Å². The van der Waals surface area contributed by atoms with E-state index in [1.165, 1.54) is 0 Å². The summed E-state index contributed by atoms with van der Waals surface area (Å²) in [4.78, 5) is 48.1. The maximum absolute atomic E-state index is 13.2. The van der Waals surface area contributed by atoms with Gasteiger partial charge in [-0.3, -0.25) is 24.8 Å². The van der Waals surface area contributed by atoms with Gasteiger partial charge in [-0.2, -0.15) is 0 Å². The van der Waals surface area contributed by atoms with Gasteiger partial charge in [0, 0.05) is 23.2 Å². The lowest BCUT2D eigenvalue weighted by atomic mass is 10.1. The highest BCUT2D eigenvalue weighted by atomic mass is 79.9. The Morgan fingerprint density at radius 2 is 2.03 bits per heavy atom. The van der Waals surface area contributed by atoms with E-state index in [1.807, 2.05) is 0 Å². The van der Waals surface area contributed by atoms with E-state index >= 15 is 0 Å². The lowest BCUT2D eigenvalue weighted by Crippen LogP contribution is -2.47. The second-order valence-electron chi connectivity index (χ2n) is 8.97. The highest BCUT2D eigenvalue weighted by molar-refractivity contribution is 9.10. The number of rotatable bonds is 8. The maximum atomic E-state index is 13.2. The molecule has 3 heterocycles. The maximum Gasteiger partial charge on any atom is 0.267 e. The van der Waals surface area contributed by atoms with Gasteiger partial charge in [0.2, 0.25) is 11.8 Å². The van der Waals surface area contributed by atoms with Gasteiger partial charge in [-0.25, -0.2) is 4.98 Å². The molecule has 2 aliphatic carbocycles. The zero-order chi connectivity index (χ0) is 24.0. The van der Waals surface area contributed by atoms with Crippen LogP contribution in [-0.2, 0) is 14.4 Å². The fourth-order valence-corrected chi connectivity index (χ4v) is 4.90. The minimum atomic E-state index is -0.847. The molecule has 3 aliphatic rings. The Kier molecular flexibility index (Phi) is 5.80. The standard InChI is InChI=1S/C23H24BrN7O3/c24-18-2-1-3-19(29-18)30-23(34)17-7-12-6-16(12)31(17)20(32)10-28-15-9-27-14(11-4-5-11)8-13(15)21(25)22(26)33/h1-3,8-9,11-12,16-17,25,28H,4-7,10H2,(H2,26,33)(H,29,30,34)/t12-,16-,17+/m1/s1. The number of anilines is 2. The number of likely N-dealkylation sites (tertiary alicyclic amines) is 1. The van der Waals surface area contributed by atoms with Crippen LogP contribution in [0.4, 0.5) is 11.5 Å². The molecule has 3 atom stereocenters. The van der Waals surface area contributed by atoms with E-state index in [0.29, 0.717) is 39.9 Å². The van der Waals surface area contributed by atoms with Gasteiger partial charge < -0.3 is 21.3 Å². The summed E-state index contributed by atoms with van der Waals surface area (Å²) in [6, 6.07) is 6.41. The lowest BCUT2D eigenvalue weighted by molar-refractivity contribution is -0.136. The fraction of sp³-hybridized carbons (Fsp3) is 0.391. The Hall–Kier alpha value is -3.34. The van der Waals surface area contributed by atoms with Crippen LogP contribution >= 0.6 is 15.9 Å². The number of primary amides is 1. The van der Waals surface area contributed by atoms with Crippen molar-refractivity contribution in [1.82, 2.24) is 14.9 Å². The van der Waals surface area contributed by atoms with Crippen molar-refractivity contribution in [2.75, 3.05) is 17.2 Å². The molecule has 0 bridgehead atoms. The van der Waals surface area contributed by atoms with Gasteiger partial charge in [-0.05, 0) is 65.7 Å². The molecule has 1 aliphatic heterocycles. The van der Waals surface area contributed by atoms with E-state index in [9.17, 15) is 14.4 Å². The first-order valence-corrected chi connectivity index (χ1v) is 12.0. The van der Waals surface area contributed by atoms with Crippen molar-refractivity contribution in [1.29, 1.82) is 5.41 Å². The van der Waals surface area contributed by atoms with E-state index in [0.717, 1.165) is 25.0 Å². The van der Waals surface area contributed by atoms with Gasteiger partial charge in [-0.1, -0.05) is 6.07 Å². The van der Waals surface area contributed by atoms with Gasteiger partial charge in [0.15, 0.2) is 0 Å². The summed E-state index contributed by atoms with van der Waals surface area (Å²) < 4.78 is 0.607. The fourth-order valence-electron chi connectivity index (χ4n) is 4.55.